The number of carbonyl (C=O) groups excluding carboxylic acids is 1. The third kappa shape index (κ3) is 2.75. The van der Waals surface area contributed by atoms with E-state index in [4.69, 9.17) is 4.74 Å². The summed E-state index contributed by atoms with van der Waals surface area (Å²) in [5.41, 5.74) is 0.481. The van der Waals surface area contributed by atoms with Gasteiger partial charge in [-0.3, -0.25) is 4.79 Å². The fourth-order valence-corrected chi connectivity index (χ4v) is 3.74. The molecule has 0 bridgehead atoms. The third-order valence-corrected chi connectivity index (χ3v) is 5.39. The second-order valence-electron chi connectivity index (χ2n) is 6.83. The van der Waals surface area contributed by atoms with Crippen LogP contribution in [0.3, 0.4) is 0 Å². The number of hydrogen-bond acceptors (Lipinski definition) is 5. The van der Waals surface area contributed by atoms with Crippen molar-refractivity contribution in [2.45, 2.75) is 37.8 Å². The van der Waals surface area contributed by atoms with Crippen molar-refractivity contribution in [3.63, 3.8) is 0 Å². The van der Waals surface area contributed by atoms with Crippen LogP contribution in [0.1, 0.15) is 30.5 Å². The number of nitrogens with zero attached hydrogens (tertiary/aromatic N) is 4. The molecule has 0 aromatic carbocycles. The number of amides is 1. The van der Waals surface area contributed by atoms with Gasteiger partial charge in [0.1, 0.15) is 12.1 Å². The molecule has 0 spiro atoms. The van der Waals surface area contributed by atoms with Crippen LogP contribution < -0.4 is 4.90 Å². The summed E-state index contributed by atoms with van der Waals surface area (Å²) in [4.78, 5) is 25.3. The van der Waals surface area contributed by atoms with Crippen molar-refractivity contribution in [1.29, 1.82) is 0 Å². The summed E-state index contributed by atoms with van der Waals surface area (Å²) in [6.07, 6.45) is 4.50. The molecule has 2 fully saturated rings. The monoisotopic (exact) mass is 334 g/mol. The molecule has 0 N–H and O–H groups in total. The van der Waals surface area contributed by atoms with Crippen molar-refractivity contribution >= 4 is 11.7 Å². The highest BCUT2D eigenvalue weighted by Crippen LogP contribution is 2.38. The third-order valence-electron chi connectivity index (χ3n) is 5.39. The molecule has 1 saturated carbocycles. The van der Waals surface area contributed by atoms with Gasteiger partial charge >= 0.3 is 0 Å². The molecule has 7 heteroatoms. The summed E-state index contributed by atoms with van der Waals surface area (Å²) >= 11 is 0. The highest BCUT2D eigenvalue weighted by molar-refractivity contribution is 5.86. The molecule has 3 heterocycles. The molecule has 1 aromatic heterocycles. The Morgan fingerprint density at radius 2 is 1.88 bits per heavy atom. The molecule has 4 rings (SSSR count). The van der Waals surface area contributed by atoms with E-state index in [0.29, 0.717) is 52.0 Å². The van der Waals surface area contributed by atoms with Gasteiger partial charge in [-0.1, -0.05) is 0 Å². The summed E-state index contributed by atoms with van der Waals surface area (Å²) < 4.78 is 19.9. The first-order valence-electron chi connectivity index (χ1n) is 8.81. The Bertz CT molecular complexity index is 629. The lowest BCUT2D eigenvalue weighted by Crippen LogP contribution is -2.51. The van der Waals surface area contributed by atoms with Crippen molar-refractivity contribution in [2.24, 2.45) is 0 Å². The Morgan fingerprint density at radius 3 is 2.58 bits per heavy atom. The Hall–Kier alpha value is -1.76. The Morgan fingerprint density at radius 1 is 1.12 bits per heavy atom. The number of morpholine rings is 1. The van der Waals surface area contributed by atoms with Gasteiger partial charge in [0.25, 0.3) is 5.91 Å². The largest absolute Gasteiger partial charge is 0.378 e. The zero-order chi connectivity index (χ0) is 16.6. The zero-order valence-electron chi connectivity index (χ0n) is 13.8. The summed E-state index contributed by atoms with van der Waals surface area (Å²) in [5.74, 6) is 0.624. The molecular weight excluding hydrogens is 311 g/mol. The predicted molar refractivity (Wildman–Crippen MR) is 86.7 cm³/mol. The molecule has 0 atom stereocenters. The van der Waals surface area contributed by atoms with Crippen LogP contribution in [0.15, 0.2) is 6.33 Å². The maximum atomic E-state index is 14.5. The number of halogens is 1. The number of alkyl halides is 1. The zero-order valence-corrected chi connectivity index (χ0v) is 13.8. The molecule has 2 aliphatic heterocycles. The second-order valence-corrected chi connectivity index (χ2v) is 6.83. The number of hydrogen-bond donors (Lipinski definition) is 0. The average molecular weight is 334 g/mol. The molecule has 6 nitrogen and oxygen atoms in total. The number of aromatic nitrogens is 2. The predicted octanol–water partition coefficient (Wildman–Crippen LogP) is 1.13. The molecule has 0 radical (unpaired) electrons. The Labute approximate surface area is 141 Å². The summed E-state index contributed by atoms with van der Waals surface area (Å²) in [6, 6.07) is 0. The van der Waals surface area contributed by atoms with Gasteiger partial charge < -0.3 is 14.5 Å². The number of fused-ring (bicyclic) bond motifs is 1. The Balaban J connectivity index is 1.53. The van der Waals surface area contributed by atoms with E-state index >= 15 is 0 Å². The van der Waals surface area contributed by atoms with Gasteiger partial charge in [0.2, 0.25) is 0 Å². The van der Waals surface area contributed by atoms with Gasteiger partial charge in [-0.05, 0) is 25.7 Å². The first-order chi connectivity index (χ1) is 11.7. The van der Waals surface area contributed by atoms with Gasteiger partial charge in [-0.25, -0.2) is 14.4 Å². The van der Waals surface area contributed by atoms with Crippen LogP contribution in [-0.4, -0.2) is 65.8 Å². The van der Waals surface area contributed by atoms with Crippen LogP contribution in [-0.2, 0) is 22.4 Å². The highest BCUT2D eigenvalue weighted by Gasteiger charge is 2.47. The van der Waals surface area contributed by atoms with Crippen molar-refractivity contribution in [3.05, 3.63) is 17.6 Å². The summed E-state index contributed by atoms with van der Waals surface area (Å²) in [7, 11) is 0. The summed E-state index contributed by atoms with van der Waals surface area (Å²) in [5, 5.41) is 0. The van der Waals surface area contributed by atoms with E-state index in [1.165, 1.54) is 0 Å². The van der Waals surface area contributed by atoms with E-state index < -0.39 is 5.67 Å². The minimum absolute atomic E-state index is 0.331. The van der Waals surface area contributed by atoms with Gasteiger partial charge in [0.05, 0.1) is 18.9 Å². The molecule has 130 valence electrons. The molecule has 3 aliphatic rings. The van der Waals surface area contributed by atoms with E-state index in [0.717, 1.165) is 36.6 Å². The first-order valence-corrected chi connectivity index (χ1v) is 8.81. The SMILES string of the molecule is O=C(N1CCc2ncnc(N3CCOCC3)c2CC1)C1(F)CCC1. The van der Waals surface area contributed by atoms with E-state index in [1.807, 2.05) is 0 Å². The minimum atomic E-state index is -1.62. The van der Waals surface area contributed by atoms with Crippen LogP contribution in [0, 0.1) is 0 Å². The minimum Gasteiger partial charge on any atom is -0.378 e. The van der Waals surface area contributed by atoms with E-state index in [1.54, 1.807) is 11.2 Å². The quantitative estimate of drug-likeness (QED) is 0.812. The van der Waals surface area contributed by atoms with Gasteiger partial charge in [0, 0.05) is 38.2 Å². The van der Waals surface area contributed by atoms with E-state index in [-0.39, 0.29) is 5.91 Å². The van der Waals surface area contributed by atoms with Crippen LogP contribution >= 0.6 is 0 Å². The normalized spacial score (nSPS) is 23.2. The summed E-state index contributed by atoms with van der Waals surface area (Å²) in [6.45, 7) is 4.13. The van der Waals surface area contributed by atoms with Crippen LogP contribution in [0.5, 0.6) is 0 Å². The topological polar surface area (TPSA) is 58.6 Å². The molecular formula is C17H23FN4O2. The van der Waals surface area contributed by atoms with Crippen molar-refractivity contribution < 1.29 is 13.9 Å². The first kappa shape index (κ1) is 15.7. The highest BCUT2D eigenvalue weighted by atomic mass is 19.1. The van der Waals surface area contributed by atoms with Gasteiger partial charge in [-0.2, -0.15) is 0 Å². The van der Waals surface area contributed by atoms with Gasteiger partial charge in [-0.15, -0.1) is 0 Å². The van der Waals surface area contributed by atoms with Crippen LogP contribution in [0.2, 0.25) is 0 Å². The van der Waals surface area contributed by atoms with E-state index in [2.05, 4.69) is 14.9 Å². The van der Waals surface area contributed by atoms with Crippen molar-refractivity contribution in [2.75, 3.05) is 44.3 Å². The Kier molecular flexibility index (Phi) is 4.12. The lowest BCUT2D eigenvalue weighted by molar-refractivity contribution is -0.149. The fraction of sp³-hybridized carbons (Fsp3) is 0.706. The standard InChI is InChI=1S/C17H23FN4O2/c18-17(4-1-5-17)16(23)22-6-2-13-14(3-7-22)19-12-20-15(13)21-8-10-24-11-9-21/h12H,1-11H2. The van der Waals surface area contributed by atoms with Crippen LogP contribution in [0.4, 0.5) is 10.2 Å². The smallest absolute Gasteiger partial charge is 0.260 e. The maximum absolute atomic E-state index is 14.5. The molecule has 1 aromatic rings. The number of ether oxygens (including phenoxy) is 1. The molecule has 1 aliphatic carbocycles. The lowest BCUT2D eigenvalue weighted by Gasteiger charge is -2.36. The maximum Gasteiger partial charge on any atom is 0.260 e. The van der Waals surface area contributed by atoms with E-state index in [9.17, 15) is 9.18 Å². The van der Waals surface area contributed by atoms with Gasteiger partial charge in [0.15, 0.2) is 5.67 Å². The van der Waals surface area contributed by atoms with Crippen molar-refractivity contribution in [1.82, 2.24) is 14.9 Å². The van der Waals surface area contributed by atoms with Crippen LogP contribution in [0.25, 0.3) is 0 Å². The number of carbonyl (C=O) groups is 1. The number of rotatable bonds is 2. The number of anilines is 1. The molecule has 1 amide bonds. The molecule has 1 saturated heterocycles. The lowest BCUT2D eigenvalue weighted by atomic mass is 9.81. The fourth-order valence-electron chi connectivity index (χ4n) is 3.74. The van der Waals surface area contributed by atoms with Crippen molar-refractivity contribution in [3.8, 4) is 0 Å². The second kappa shape index (κ2) is 6.27. The average Bonchev–Trinajstić information content (AvgIpc) is 2.82. The molecule has 0 unspecified atom stereocenters. The molecule has 24 heavy (non-hydrogen) atoms.